The molecule has 2 aliphatic rings. The summed E-state index contributed by atoms with van der Waals surface area (Å²) in [5, 5.41) is 9.86. The van der Waals surface area contributed by atoms with Crippen molar-refractivity contribution in [3.63, 3.8) is 0 Å². The van der Waals surface area contributed by atoms with Gasteiger partial charge in [-0.05, 0) is 30.5 Å². The Hall–Kier alpha value is -1.10. The molecule has 0 radical (unpaired) electrons. The fraction of sp³-hybridized carbons (Fsp3) is 0.533. The number of amides is 1. The monoisotopic (exact) mass is 295 g/mol. The highest BCUT2D eigenvalue weighted by Gasteiger charge is 2.53. The van der Waals surface area contributed by atoms with Gasteiger partial charge >= 0.3 is 0 Å². The van der Waals surface area contributed by atoms with Crippen LogP contribution in [0, 0.1) is 0 Å². The Morgan fingerprint density at radius 2 is 2.10 bits per heavy atom. The van der Waals surface area contributed by atoms with Crippen LogP contribution in [0.3, 0.4) is 0 Å². The number of hydrogen-bond acceptors (Lipinski definition) is 3. The summed E-state index contributed by atoms with van der Waals surface area (Å²) < 4.78 is 5.40. The molecule has 1 heterocycles. The normalized spacial score (nSPS) is 24.5. The van der Waals surface area contributed by atoms with Crippen molar-refractivity contribution in [2.45, 2.75) is 24.4 Å². The largest absolute Gasteiger partial charge is 0.394 e. The summed E-state index contributed by atoms with van der Waals surface area (Å²) in [5.74, 6) is 0.154. The smallest absolute Gasteiger partial charge is 0.233 e. The Bertz CT molecular complexity index is 498. The van der Waals surface area contributed by atoms with Crippen LogP contribution in [-0.2, 0) is 14.9 Å². The minimum absolute atomic E-state index is 0.0439. The number of carbonyl (C=O) groups excluding carboxylic acids is 1. The number of hydrogen-bond donors (Lipinski definition) is 1. The van der Waals surface area contributed by atoms with Crippen molar-refractivity contribution in [3.8, 4) is 0 Å². The minimum atomic E-state index is -0.373. The molecular weight excluding hydrogens is 278 g/mol. The van der Waals surface area contributed by atoms with Gasteiger partial charge < -0.3 is 14.7 Å². The topological polar surface area (TPSA) is 49.8 Å². The molecule has 0 bridgehead atoms. The zero-order valence-electron chi connectivity index (χ0n) is 11.2. The maximum Gasteiger partial charge on any atom is 0.233 e. The number of morpholine rings is 1. The van der Waals surface area contributed by atoms with Crippen molar-refractivity contribution in [2.24, 2.45) is 0 Å². The number of aliphatic hydroxyl groups excluding tert-OH is 1. The van der Waals surface area contributed by atoms with Crippen LogP contribution in [-0.4, -0.2) is 48.3 Å². The summed E-state index contributed by atoms with van der Waals surface area (Å²) in [7, 11) is 0. The minimum Gasteiger partial charge on any atom is -0.394 e. The van der Waals surface area contributed by atoms with Crippen molar-refractivity contribution in [1.29, 1.82) is 0 Å². The first-order chi connectivity index (χ1) is 9.65. The highest BCUT2D eigenvalue weighted by molar-refractivity contribution is 6.30. The van der Waals surface area contributed by atoms with Crippen molar-refractivity contribution >= 4 is 17.5 Å². The number of benzene rings is 1. The molecule has 1 amide bonds. The van der Waals surface area contributed by atoms with Crippen molar-refractivity contribution in [3.05, 3.63) is 34.9 Å². The molecule has 108 valence electrons. The first kappa shape index (κ1) is 13.9. The van der Waals surface area contributed by atoms with Gasteiger partial charge in [-0.1, -0.05) is 23.7 Å². The van der Waals surface area contributed by atoms with Crippen LogP contribution in [0.1, 0.15) is 18.4 Å². The molecule has 1 saturated carbocycles. The van der Waals surface area contributed by atoms with Crippen LogP contribution in [0.15, 0.2) is 24.3 Å². The third-order valence-electron chi connectivity index (χ3n) is 4.19. The first-order valence-electron chi connectivity index (χ1n) is 6.93. The van der Waals surface area contributed by atoms with Crippen LogP contribution in [0.5, 0.6) is 0 Å². The molecule has 1 N–H and O–H groups in total. The second-order valence-corrected chi connectivity index (χ2v) is 5.95. The highest BCUT2D eigenvalue weighted by Crippen LogP contribution is 2.49. The standard InChI is InChI=1S/C15H18ClNO3/c16-12-3-1-11(2-4-12)15(5-6-15)14(19)17-7-8-20-13(9-17)10-18/h1-4,13,18H,5-10H2. The molecule has 1 unspecified atom stereocenters. The highest BCUT2D eigenvalue weighted by atomic mass is 35.5. The average Bonchev–Trinajstić information content (AvgIpc) is 3.29. The summed E-state index contributed by atoms with van der Waals surface area (Å²) in [5.41, 5.74) is 0.668. The van der Waals surface area contributed by atoms with E-state index in [4.69, 9.17) is 16.3 Å². The molecule has 0 spiro atoms. The number of carbonyl (C=O) groups is 1. The molecule has 3 rings (SSSR count). The average molecular weight is 296 g/mol. The molecule has 1 atom stereocenters. The molecule has 1 aromatic carbocycles. The lowest BCUT2D eigenvalue weighted by Gasteiger charge is -2.34. The Morgan fingerprint density at radius 1 is 1.40 bits per heavy atom. The van der Waals surface area contributed by atoms with E-state index in [0.717, 1.165) is 18.4 Å². The van der Waals surface area contributed by atoms with E-state index in [1.54, 1.807) is 0 Å². The van der Waals surface area contributed by atoms with Gasteiger partial charge in [-0.15, -0.1) is 0 Å². The van der Waals surface area contributed by atoms with E-state index in [1.807, 2.05) is 29.2 Å². The van der Waals surface area contributed by atoms with Gasteiger partial charge in [0.05, 0.1) is 24.7 Å². The number of aliphatic hydroxyl groups is 1. The molecule has 1 aliphatic carbocycles. The molecule has 4 nitrogen and oxygen atoms in total. The van der Waals surface area contributed by atoms with E-state index in [2.05, 4.69) is 0 Å². The summed E-state index contributed by atoms with van der Waals surface area (Å²) in [4.78, 5) is 14.6. The van der Waals surface area contributed by atoms with Crippen LogP contribution in [0.4, 0.5) is 0 Å². The summed E-state index contributed by atoms with van der Waals surface area (Å²) in [6.07, 6.45) is 1.51. The van der Waals surface area contributed by atoms with E-state index in [1.165, 1.54) is 0 Å². The first-order valence-corrected chi connectivity index (χ1v) is 7.31. The summed E-state index contributed by atoms with van der Waals surface area (Å²) >= 11 is 5.91. The molecule has 20 heavy (non-hydrogen) atoms. The summed E-state index contributed by atoms with van der Waals surface area (Å²) in [6.45, 7) is 1.53. The van der Waals surface area contributed by atoms with Gasteiger partial charge in [-0.25, -0.2) is 0 Å². The van der Waals surface area contributed by atoms with E-state index in [-0.39, 0.29) is 24.0 Å². The molecular formula is C15H18ClNO3. The van der Waals surface area contributed by atoms with Crippen LogP contribution >= 0.6 is 11.6 Å². The Kier molecular flexibility index (Phi) is 3.71. The second-order valence-electron chi connectivity index (χ2n) is 5.52. The predicted octanol–water partition coefficient (Wildman–Crippen LogP) is 1.59. The van der Waals surface area contributed by atoms with Gasteiger partial charge in [0.1, 0.15) is 0 Å². The molecule has 1 aliphatic heterocycles. The quantitative estimate of drug-likeness (QED) is 0.921. The fourth-order valence-electron chi connectivity index (χ4n) is 2.84. The van der Waals surface area contributed by atoms with Gasteiger partial charge in [0.15, 0.2) is 0 Å². The van der Waals surface area contributed by atoms with Gasteiger partial charge in [0, 0.05) is 18.1 Å². The Morgan fingerprint density at radius 3 is 2.70 bits per heavy atom. The van der Waals surface area contributed by atoms with E-state index < -0.39 is 0 Å². The second kappa shape index (κ2) is 5.35. The molecule has 1 saturated heterocycles. The number of nitrogens with zero attached hydrogens (tertiary/aromatic N) is 1. The van der Waals surface area contributed by atoms with E-state index in [9.17, 15) is 9.90 Å². The molecule has 1 aromatic rings. The third kappa shape index (κ3) is 2.43. The lowest BCUT2D eigenvalue weighted by molar-refractivity contribution is -0.143. The van der Waals surface area contributed by atoms with E-state index >= 15 is 0 Å². The third-order valence-corrected chi connectivity index (χ3v) is 4.44. The van der Waals surface area contributed by atoms with Crippen LogP contribution in [0.25, 0.3) is 0 Å². The van der Waals surface area contributed by atoms with Gasteiger partial charge in [-0.3, -0.25) is 4.79 Å². The number of ether oxygens (including phenoxy) is 1. The number of rotatable bonds is 3. The zero-order valence-corrected chi connectivity index (χ0v) is 12.0. The van der Waals surface area contributed by atoms with Gasteiger partial charge in [0.2, 0.25) is 5.91 Å². The Balaban J connectivity index is 1.77. The van der Waals surface area contributed by atoms with Gasteiger partial charge in [-0.2, -0.15) is 0 Å². The maximum atomic E-state index is 12.8. The van der Waals surface area contributed by atoms with Crippen molar-refractivity contribution < 1.29 is 14.6 Å². The molecule has 0 aromatic heterocycles. The summed E-state index contributed by atoms with van der Waals surface area (Å²) in [6, 6.07) is 7.55. The fourth-order valence-corrected chi connectivity index (χ4v) is 2.96. The van der Waals surface area contributed by atoms with Crippen molar-refractivity contribution in [2.75, 3.05) is 26.3 Å². The van der Waals surface area contributed by atoms with Crippen molar-refractivity contribution in [1.82, 2.24) is 4.90 Å². The zero-order chi connectivity index (χ0) is 14.2. The van der Waals surface area contributed by atoms with Crippen LogP contribution < -0.4 is 0 Å². The van der Waals surface area contributed by atoms with Crippen LogP contribution in [0.2, 0.25) is 5.02 Å². The number of halogens is 1. The lowest BCUT2D eigenvalue weighted by Crippen LogP contribution is -2.50. The SMILES string of the molecule is O=C(N1CCOC(CO)C1)C1(c2ccc(Cl)cc2)CC1. The molecule has 2 fully saturated rings. The van der Waals surface area contributed by atoms with E-state index in [0.29, 0.717) is 24.7 Å². The Labute approximate surface area is 123 Å². The lowest BCUT2D eigenvalue weighted by atomic mass is 9.94. The predicted molar refractivity (Wildman–Crippen MR) is 75.8 cm³/mol. The van der Waals surface area contributed by atoms with Gasteiger partial charge in [0.25, 0.3) is 0 Å². The molecule has 5 heteroatoms. The maximum absolute atomic E-state index is 12.8.